The molecule has 0 saturated carbocycles. The lowest BCUT2D eigenvalue weighted by Gasteiger charge is -1.98. The fraction of sp³-hybridized carbons (Fsp3) is 0.111. The Morgan fingerprint density at radius 3 is 2.92 bits per heavy atom. The van der Waals surface area contributed by atoms with E-state index >= 15 is 0 Å². The van der Waals surface area contributed by atoms with E-state index in [-0.39, 0.29) is 5.82 Å². The van der Waals surface area contributed by atoms with Crippen LogP contribution in [-0.4, -0.2) is 6.26 Å². The molecule has 1 heterocycles. The van der Waals surface area contributed by atoms with Crippen LogP contribution in [0.4, 0.5) is 4.39 Å². The number of thiophene rings is 1. The number of hydrogen-bond donors (Lipinski definition) is 0. The van der Waals surface area contributed by atoms with Gasteiger partial charge in [0.25, 0.3) is 0 Å². The van der Waals surface area contributed by atoms with Crippen molar-refractivity contribution in [1.82, 2.24) is 0 Å². The number of rotatable bonds is 1. The lowest BCUT2D eigenvalue weighted by Crippen LogP contribution is -1.79. The van der Waals surface area contributed by atoms with Gasteiger partial charge in [0.05, 0.1) is 0 Å². The quantitative estimate of drug-likeness (QED) is 0.555. The number of halogens is 2. The molecule has 68 valence electrons. The first kappa shape index (κ1) is 9.73. The van der Waals surface area contributed by atoms with E-state index in [1.54, 1.807) is 17.4 Å². The minimum absolute atomic E-state index is 0.115. The van der Waals surface area contributed by atoms with Crippen molar-refractivity contribution in [1.29, 1.82) is 0 Å². The Bertz CT molecular complexity index is 450. The van der Waals surface area contributed by atoms with Crippen LogP contribution in [0.25, 0.3) is 10.1 Å². The second-order valence-corrected chi connectivity index (χ2v) is 5.49. The highest BCUT2D eigenvalue weighted by molar-refractivity contribution is 14.1. The summed E-state index contributed by atoms with van der Waals surface area (Å²) in [6, 6.07) is 3.54. The molecule has 0 amide bonds. The molecule has 2 aromatic rings. The van der Waals surface area contributed by atoms with Gasteiger partial charge in [0.1, 0.15) is 5.82 Å². The molecule has 0 fully saturated rings. The van der Waals surface area contributed by atoms with Gasteiger partial charge in [-0.3, -0.25) is 0 Å². The van der Waals surface area contributed by atoms with Crippen LogP contribution in [0.3, 0.4) is 0 Å². The van der Waals surface area contributed by atoms with Crippen LogP contribution < -0.4 is 0 Å². The molecule has 1 aromatic heterocycles. The van der Waals surface area contributed by atoms with E-state index in [0.29, 0.717) is 0 Å². The van der Waals surface area contributed by atoms with Crippen LogP contribution in [0.2, 0.25) is 0 Å². The Hall–Kier alpha value is 0.190. The molecule has 0 saturated heterocycles. The molecule has 0 radical (unpaired) electrons. The molecule has 0 spiro atoms. The van der Waals surface area contributed by atoms with E-state index in [1.807, 2.05) is 12.3 Å². The Kier molecular flexibility index (Phi) is 2.80. The first-order valence-corrected chi connectivity index (χ1v) is 6.81. The van der Waals surface area contributed by atoms with E-state index in [1.165, 1.54) is 11.8 Å². The number of fused-ring (bicyclic) bond motifs is 1. The molecule has 0 atom stereocenters. The summed E-state index contributed by atoms with van der Waals surface area (Å²) in [5.41, 5.74) is 0. The van der Waals surface area contributed by atoms with Crippen molar-refractivity contribution in [3.63, 3.8) is 0 Å². The maximum atomic E-state index is 13.4. The smallest absolute Gasteiger partial charge is 0.137 e. The number of hydrogen-bond acceptors (Lipinski definition) is 2. The fourth-order valence-electron chi connectivity index (χ4n) is 1.15. The van der Waals surface area contributed by atoms with Crippen LogP contribution in [0.15, 0.2) is 22.4 Å². The summed E-state index contributed by atoms with van der Waals surface area (Å²) in [6.45, 7) is 0. The molecule has 0 N–H and O–H groups in total. The van der Waals surface area contributed by atoms with Crippen molar-refractivity contribution >= 4 is 55.8 Å². The van der Waals surface area contributed by atoms with Crippen LogP contribution in [0.5, 0.6) is 0 Å². The SMILES string of the molecule is CSc1cc2scc(I)c2cc1F. The van der Waals surface area contributed by atoms with Crippen molar-refractivity contribution in [2.24, 2.45) is 0 Å². The highest BCUT2D eigenvalue weighted by Crippen LogP contribution is 2.32. The van der Waals surface area contributed by atoms with Gasteiger partial charge in [0.2, 0.25) is 0 Å². The molecule has 1 aromatic carbocycles. The highest BCUT2D eigenvalue weighted by atomic mass is 127. The van der Waals surface area contributed by atoms with E-state index in [2.05, 4.69) is 28.0 Å². The van der Waals surface area contributed by atoms with Crippen LogP contribution in [-0.2, 0) is 0 Å². The normalized spacial score (nSPS) is 11.0. The molecule has 0 bridgehead atoms. The lowest BCUT2D eigenvalue weighted by molar-refractivity contribution is 0.604. The maximum absolute atomic E-state index is 13.4. The van der Waals surface area contributed by atoms with Crippen LogP contribution in [0.1, 0.15) is 0 Å². The third-order valence-electron chi connectivity index (χ3n) is 1.80. The van der Waals surface area contributed by atoms with E-state index in [9.17, 15) is 4.39 Å². The molecular weight excluding hydrogens is 318 g/mol. The Morgan fingerprint density at radius 1 is 1.46 bits per heavy atom. The summed E-state index contributed by atoms with van der Waals surface area (Å²) < 4.78 is 15.6. The molecule has 0 aliphatic carbocycles. The minimum atomic E-state index is -0.115. The average molecular weight is 324 g/mol. The number of benzene rings is 1. The monoisotopic (exact) mass is 324 g/mol. The fourth-order valence-corrected chi connectivity index (χ4v) is 3.57. The third-order valence-corrected chi connectivity index (χ3v) is 4.81. The van der Waals surface area contributed by atoms with Gasteiger partial charge < -0.3 is 0 Å². The van der Waals surface area contributed by atoms with Crippen LogP contribution in [0, 0.1) is 9.39 Å². The van der Waals surface area contributed by atoms with Gasteiger partial charge in [-0.1, -0.05) is 0 Å². The van der Waals surface area contributed by atoms with Gasteiger partial charge in [-0.05, 0) is 41.0 Å². The predicted octanol–water partition coefficient (Wildman–Crippen LogP) is 4.37. The molecule has 13 heavy (non-hydrogen) atoms. The van der Waals surface area contributed by atoms with Gasteiger partial charge in [0, 0.05) is 23.9 Å². The van der Waals surface area contributed by atoms with Crippen molar-refractivity contribution in [2.45, 2.75) is 4.90 Å². The highest BCUT2D eigenvalue weighted by Gasteiger charge is 2.07. The van der Waals surface area contributed by atoms with Gasteiger partial charge in [-0.25, -0.2) is 4.39 Å². The van der Waals surface area contributed by atoms with Gasteiger partial charge in [-0.2, -0.15) is 0 Å². The summed E-state index contributed by atoms with van der Waals surface area (Å²) in [5, 5.41) is 3.08. The second-order valence-electron chi connectivity index (χ2n) is 2.57. The van der Waals surface area contributed by atoms with E-state index in [0.717, 1.165) is 18.6 Å². The van der Waals surface area contributed by atoms with Gasteiger partial charge >= 0.3 is 0 Å². The Morgan fingerprint density at radius 2 is 2.23 bits per heavy atom. The topological polar surface area (TPSA) is 0 Å². The van der Waals surface area contributed by atoms with E-state index < -0.39 is 0 Å². The third kappa shape index (κ3) is 1.71. The Balaban J connectivity index is 2.76. The van der Waals surface area contributed by atoms with E-state index in [4.69, 9.17) is 0 Å². The van der Waals surface area contributed by atoms with Crippen molar-refractivity contribution in [3.05, 3.63) is 26.9 Å². The predicted molar refractivity (Wildman–Crippen MR) is 66.3 cm³/mol. The van der Waals surface area contributed by atoms with Crippen LogP contribution >= 0.6 is 45.7 Å². The van der Waals surface area contributed by atoms with Crippen molar-refractivity contribution in [2.75, 3.05) is 6.26 Å². The molecule has 4 heteroatoms. The molecular formula is C9H6FIS2. The summed E-state index contributed by atoms with van der Waals surface area (Å²) >= 11 is 5.34. The summed E-state index contributed by atoms with van der Waals surface area (Å²) in [7, 11) is 0. The van der Waals surface area contributed by atoms with Crippen molar-refractivity contribution in [3.8, 4) is 0 Å². The summed E-state index contributed by atoms with van der Waals surface area (Å²) in [5.74, 6) is -0.115. The average Bonchev–Trinajstić information content (AvgIpc) is 2.47. The maximum Gasteiger partial charge on any atom is 0.137 e. The van der Waals surface area contributed by atoms with Gasteiger partial charge in [0.15, 0.2) is 0 Å². The zero-order valence-corrected chi connectivity index (χ0v) is 10.6. The van der Waals surface area contributed by atoms with Gasteiger partial charge in [-0.15, -0.1) is 23.1 Å². The van der Waals surface area contributed by atoms with Crippen molar-refractivity contribution < 1.29 is 4.39 Å². The second kappa shape index (κ2) is 3.74. The minimum Gasteiger partial charge on any atom is -0.206 e. The molecule has 2 rings (SSSR count). The molecule has 0 unspecified atom stereocenters. The molecule has 0 aliphatic rings. The first-order chi connectivity index (χ1) is 6.22. The lowest BCUT2D eigenvalue weighted by atomic mass is 10.2. The molecule has 0 nitrogen and oxygen atoms in total. The first-order valence-electron chi connectivity index (χ1n) is 3.62. The largest absolute Gasteiger partial charge is 0.206 e. The Labute approximate surface area is 97.7 Å². The summed E-state index contributed by atoms with van der Waals surface area (Å²) in [4.78, 5) is 0.728. The zero-order chi connectivity index (χ0) is 9.42. The number of thioether (sulfide) groups is 1. The zero-order valence-electron chi connectivity index (χ0n) is 6.80. The standard InChI is InChI=1S/C9H6FIS2/c1-12-9-3-8-5(2-6(9)10)7(11)4-13-8/h2-4H,1H3. The molecule has 0 aliphatic heterocycles. The summed E-state index contributed by atoms with van der Waals surface area (Å²) in [6.07, 6.45) is 1.89.